The molecule has 0 saturated carbocycles. The summed E-state index contributed by atoms with van der Waals surface area (Å²) in [5.74, 6) is -0.618. The van der Waals surface area contributed by atoms with Crippen LogP contribution in [0.4, 0.5) is 0 Å². The maximum atomic E-state index is 12.2. The number of aliphatic hydroxyl groups is 1. The minimum absolute atomic E-state index is 0.0763. The van der Waals surface area contributed by atoms with E-state index in [0.29, 0.717) is 12.8 Å². The van der Waals surface area contributed by atoms with Gasteiger partial charge in [-0.3, -0.25) is 9.59 Å². The van der Waals surface area contributed by atoms with Crippen LogP contribution in [0.25, 0.3) is 0 Å². The highest BCUT2D eigenvalue weighted by Gasteiger charge is 2.16. The van der Waals surface area contributed by atoms with Gasteiger partial charge < -0.3 is 14.6 Å². The Hall–Kier alpha value is -2.14. The van der Waals surface area contributed by atoms with Gasteiger partial charge in [-0.05, 0) is 77.0 Å². The molecule has 0 aromatic heterocycles. The summed E-state index contributed by atoms with van der Waals surface area (Å²) >= 11 is 0. The van der Waals surface area contributed by atoms with Gasteiger partial charge in [0.2, 0.25) is 0 Å². The Morgan fingerprint density at radius 3 is 1.34 bits per heavy atom. The van der Waals surface area contributed by atoms with E-state index in [0.717, 1.165) is 64.2 Å². The van der Waals surface area contributed by atoms with E-state index < -0.39 is 6.10 Å². The molecule has 0 amide bonds. The number of carbonyl (C=O) groups is 2. The average molecular weight is 659 g/mol. The molecule has 0 radical (unpaired) electrons. The minimum atomic E-state index is -0.781. The molecule has 1 atom stereocenters. The number of allylic oxidation sites excluding steroid dienone is 8. The van der Waals surface area contributed by atoms with Crippen LogP contribution in [0, 0.1) is 0 Å². The standard InChI is InChI=1S/C42H74O5/c1-3-5-7-9-11-13-15-17-18-19-20-21-22-23-24-25-27-29-31-33-35-37-42(45)47-40(38-43)39-46-41(44)36-34-32-30-28-26-16-14-12-10-8-6-4-2/h12,14-15,17,19-20,22-23,40,43H,3-11,13,16,18,21,24-39H2,1-2H3/b14-12-,17-15-,20-19-,23-22-. The van der Waals surface area contributed by atoms with Gasteiger partial charge in [-0.2, -0.15) is 0 Å². The van der Waals surface area contributed by atoms with E-state index in [4.69, 9.17) is 9.47 Å². The number of aliphatic hydroxyl groups excluding tert-OH is 1. The fourth-order valence-corrected chi connectivity index (χ4v) is 5.32. The first-order valence-corrected chi connectivity index (χ1v) is 19.7. The summed E-state index contributed by atoms with van der Waals surface area (Å²) in [5, 5.41) is 9.54. The summed E-state index contributed by atoms with van der Waals surface area (Å²) in [5.41, 5.74) is 0. The van der Waals surface area contributed by atoms with E-state index >= 15 is 0 Å². The highest BCUT2D eigenvalue weighted by atomic mass is 16.6. The Bertz CT molecular complexity index is 797. The fourth-order valence-electron chi connectivity index (χ4n) is 5.32. The van der Waals surface area contributed by atoms with Crippen LogP contribution < -0.4 is 0 Å². The van der Waals surface area contributed by atoms with Gasteiger partial charge >= 0.3 is 11.9 Å². The number of rotatable bonds is 35. The van der Waals surface area contributed by atoms with E-state index in [1.54, 1.807) is 0 Å². The van der Waals surface area contributed by atoms with Gasteiger partial charge in [-0.25, -0.2) is 0 Å². The monoisotopic (exact) mass is 659 g/mol. The van der Waals surface area contributed by atoms with Crippen molar-refractivity contribution < 1.29 is 24.2 Å². The number of esters is 2. The quantitative estimate of drug-likeness (QED) is 0.0417. The maximum absolute atomic E-state index is 12.2. The Morgan fingerprint density at radius 2 is 0.851 bits per heavy atom. The summed E-state index contributed by atoms with van der Waals surface area (Å²) < 4.78 is 10.6. The Morgan fingerprint density at radius 1 is 0.489 bits per heavy atom. The third kappa shape index (κ3) is 36.5. The number of unbranched alkanes of at least 4 members (excludes halogenated alkanes) is 19. The van der Waals surface area contributed by atoms with Crippen LogP contribution in [0.1, 0.15) is 187 Å². The summed E-state index contributed by atoms with van der Waals surface area (Å²) in [4.78, 5) is 24.2. The van der Waals surface area contributed by atoms with Crippen molar-refractivity contribution >= 4 is 11.9 Å². The molecule has 0 bridgehead atoms. The SMILES string of the molecule is CCCCC/C=C\CCCCCCCC(=O)OCC(CO)OC(=O)CCCCCCCC/C=C\C/C=C\C/C=C\CCCCCCC. The summed E-state index contributed by atoms with van der Waals surface area (Å²) in [6.45, 7) is 4.07. The maximum Gasteiger partial charge on any atom is 0.306 e. The number of ether oxygens (including phenoxy) is 2. The fraction of sp³-hybridized carbons (Fsp3) is 0.762. The largest absolute Gasteiger partial charge is 0.462 e. The van der Waals surface area contributed by atoms with Crippen molar-refractivity contribution in [2.45, 2.75) is 193 Å². The van der Waals surface area contributed by atoms with E-state index in [2.05, 4.69) is 62.5 Å². The van der Waals surface area contributed by atoms with Crippen molar-refractivity contribution in [2.24, 2.45) is 0 Å². The van der Waals surface area contributed by atoms with Crippen LogP contribution in [0.3, 0.4) is 0 Å². The molecule has 1 unspecified atom stereocenters. The lowest BCUT2D eigenvalue weighted by atomic mass is 10.1. The molecule has 0 aliphatic heterocycles. The molecule has 0 aliphatic carbocycles. The van der Waals surface area contributed by atoms with Crippen LogP contribution in [0.15, 0.2) is 48.6 Å². The Kier molecular flexibility index (Phi) is 36.6. The third-order valence-corrected chi connectivity index (χ3v) is 8.35. The molecule has 5 heteroatoms. The molecule has 1 N–H and O–H groups in total. The highest BCUT2D eigenvalue weighted by molar-refractivity contribution is 5.70. The van der Waals surface area contributed by atoms with Crippen molar-refractivity contribution in [2.75, 3.05) is 13.2 Å². The second-order valence-electron chi connectivity index (χ2n) is 13.0. The first-order chi connectivity index (χ1) is 23.1. The molecule has 47 heavy (non-hydrogen) atoms. The molecular formula is C42H74O5. The van der Waals surface area contributed by atoms with Gasteiger partial charge in [0.25, 0.3) is 0 Å². The van der Waals surface area contributed by atoms with Crippen molar-refractivity contribution in [3.8, 4) is 0 Å². The Balaban J connectivity index is 3.60. The summed E-state index contributed by atoms with van der Waals surface area (Å²) in [7, 11) is 0. The zero-order chi connectivity index (χ0) is 34.3. The summed E-state index contributed by atoms with van der Waals surface area (Å²) in [6.07, 6.45) is 47.4. The van der Waals surface area contributed by atoms with E-state index in [1.807, 2.05) is 0 Å². The molecule has 0 aromatic rings. The predicted octanol–water partition coefficient (Wildman–Crippen LogP) is 12.2. The lowest BCUT2D eigenvalue weighted by molar-refractivity contribution is -0.161. The Labute approximate surface area is 290 Å². The number of carbonyl (C=O) groups excluding carboxylic acids is 2. The lowest BCUT2D eigenvalue weighted by Crippen LogP contribution is -2.28. The smallest absolute Gasteiger partial charge is 0.306 e. The molecule has 0 heterocycles. The zero-order valence-corrected chi connectivity index (χ0v) is 30.8. The number of hydrogen-bond acceptors (Lipinski definition) is 5. The normalized spacial score (nSPS) is 12.7. The van der Waals surface area contributed by atoms with Crippen LogP contribution in [0.5, 0.6) is 0 Å². The second-order valence-corrected chi connectivity index (χ2v) is 13.0. The predicted molar refractivity (Wildman–Crippen MR) is 200 cm³/mol. The minimum Gasteiger partial charge on any atom is -0.462 e. The molecule has 0 spiro atoms. The molecule has 0 fully saturated rings. The van der Waals surface area contributed by atoms with Crippen LogP contribution in [-0.2, 0) is 19.1 Å². The molecule has 272 valence electrons. The zero-order valence-electron chi connectivity index (χ0n) is 30.8. The lowest BCUT2D eigenvalue weighted by Gasteiger charge is -2.15. The highest BCUT2D eigenvalue weighted by Crippen LogP contribution is 2.12. The second kappa shape index (κ2) is 38.3. The third-order valence-electron chi connectivity index (χ3n) is 8.35. The molecule has 5 nitrogen and oxygen atoms in total. The van der Waals surface area contributed by atoms with Gasteiger partial charge in [-0.15, -0.1) is 0 Å². The van der Waals surface area contributed by atoms with Gasteiger partial charge in [0.15, 0.2) is 6.10 Å². The van der Waals surface area contributed by atoms with Gasteiger partial charge in [0.1, 0.15) is 6.61 Å². The van der Waals surface area contributed by atoms with Gasteiger partial charge in [0.05, 0.1) is 6.61 Å². The first-order valence-electron chi connectivity index (χ1n) is 19.7. The van der Waals surface area contributed by atoms with Crippen molar-refractivity contribution in [1.29, 1.82) is 0 Å². The summed E-state index contributed by atoms with van der Waals surface area (Å²) in [6, 6.07) is 0. The van der Waals surface area contributed by atoms with E-state index in [-0.39, 0.29) is 25.2 Å². The molecule has 0 aliphatic rings. The average Bonchev–Trinajstić information content (AvgIpc) is 3.07. The first kappa shape index (κ1) is 44.9. The van der Waals surface area contributed by atoms with Crippen LogP contribution in [0.2, 0.25) is 0 Å². The molecular weight excluding hydrogens is 584 g/mol. The van der Waals surface area contributed by atoms with Crippen molar-refractivity contribution in [3.05, 3.63) is 48.6 Å². The molecule has 0 aromatic carbocycles. The topological polar surface area (TPSA) is 72.8 Å². The van der Waals surface area contributed by atoms with Crippen LogP contribution in [-0.4, -0.2) is 36.4 Å². The van der Waals surface area contributed by atoms with E-state index in [1.165, 1.54) is 96.3 Å². The molecule has 0 saturated heterocycles. The van der Waals surface area contributed by atoms with Crippen molar-refractivity contribution in [3.63, 3.8) is 0 Å². The van der Waals surface area contributed by atoms with Gasteiger partial charge in [0, 0.05) is 12.8 Å². The number of hydrogen-bond donors (Lipinski definition) is 1. The van der Waals surface area contributed by atoms with E-state index in [9.17, 15) is 14.7 Å². The van der Waals surface area contributed by atoms with Crippen LogP contribution >= 0.6 is 0 Å². The molecule has 0 rings (SSSR count). The van der Waals surface area contributed by atoms with Gasteiger partial charge in [-0.1, -0.05) is 146 Å². The van der Waals surface area contributed by atoms with Crippen molar-refractivity contribution in [1.82, 2.24) is 0 Å².